The van der Waals surface area contributed by atoms with Crippen LogP contribution in [-0.2, 0) is 6.54 Å². The number of nitrogens with zero attached hydrogens (tertiary/aromatic N) is 1. The van der Waals surface area contributed by atoms with Gasteiger partial charge in [-0.3, -0.25) is 0 Å². The van der Waals surface area contributed by atoms with Crippen molar-refractivity contribution in [3.8, 4) is 0 Å². The first-order valence-corrected chi connectivity index (χ1v) is 6.98. The fourth-order valence-corrected chi connectivity index (χ4v) is 2.92. The van der Waals surface area contributed by atoms with E-state index in [0.29, 0.717) is 11.5 Å². The highest BCUT2D eigenvalue weighted by Gasteiger charge is 2.34. The van der Waals surface area contributed by atoms with Crippen molar-refractivity contribution in [3.63, 3.8) is 0 Å². The standard InChI is InChI=1S/C16H26N2/c1-16(2)11-7-10-15(16)17-14-9-6-5-8-13(14)12-18(3)4/h5-6,8-9,15,17H,7,10-12H2,1-4H3. The van der Waals surface area contributed by atoms with Crippen LogP contribution in [0.25, 0.3) is 0 Å². The Morgan fingerprint density at radius 3 is 2.61 bits per heavy atom. The van der Waals surface area contributed by atoms with Crippen LogP contribution < -0.4 is 5.32 Å². The molecule has 2 rings (SSSR count). The Morgan fingerprint density at radius 1 is 1.28 bits per heavy atom. The summed E-state index contributed by atoms with van der Waals surface area (Å²) < 4.78 is 0. The van der Waals surface area contributed by atoms with E-state index in [1.165, 1.54) is 30.5 Å². The lowest BCUT2D eigenvalue weighted by Crippen LogP contribution is -2.31. The summed E-state index contributed by atoms with van der Waals surface area (Å²) in [5.41, 5.74) is 3.13. The van der Waals surface area contributed by atoms with Crippen molar-refractivity contribution < 1.29 is 0 Å². The highest BCUT2D eigenvalue weighted by atomic mass is 15.1. The molecule has 0 saturated heterocycles. The maximum atomic E-state index is 3.78. The second kappa shape index (κ2) is 5.31. The van der Waals surface area contributed by atoms with Gasteiger partial charge in [0, 0.05) is 18.3 Å². The van der Waals surface area contributed by atoms with Crippen molar-refractivity contribution >= 4 is 5.69 Å². The summed E-state index contributed by atoms with van der Waals surface area (Å²) in [6, 6.07) is 9.31. The number of hydrogen-bond acceptors (Lipinski definition) is 2. The molecule has 1 fully saturated rings. The van der Waals surface area contributed by atoms with Gasteiger partial charge >= 0.3 is 0 Å². The molecule has 0 heterocycles. The zero-order valence-corrected chi connectivity index (χ0v) is 12.2. The summed E-state index contributed by atoms with van der Waals surface area (Å²) in [5, 5.41) is 3.78. The molecule has 1 atom stereocenters. The van der Waals surface area contributed by atoms with Crippen LogP contribution in [-0.4, -0.2) is 25.0 Å². The molecule has 1 aliphatic carbocycles. The summed E-state index contributed by atoms with van der Waals surface area (Å²) >= 11 is 0. The summed E-state index contributed by atoms with van der Waals surface area (Å²) in [6.07, 6.45) is 3.98. The van der Waals surface area contributed by atoms with E-state index in [9.17, 15) is 0 Å². The predicted molar refractivity (Wildman–Crippen MR) is 78.9 cm³/mol. The van der Waals surface area contributed by atoms with Crippen molar-refractivity contribution in [2.24, 2.45) is 5.41 Å². The van der Waals surface area contributed by atoms with E-state index in [1.54, 1.807) is 0 Å². The van der Waals surface area contributed by atoms with Crippen LogP contribution in [0.5, 0.6) is 0 Å². The Bertz CT molecular complexity index is 396. The smallest absolute Gasteiger partial charge is 0.0388 e. The van der Waals surface area contributed by atoms with Crippen LogP contribution in [0.15, 0.2) is 24.3 Å². The lowest BCUT2D eigenvalue weighted by atomic mass is 9.87. The highest BCUT2D eigenvalue weighted by Crippen LogP contribution is 2.39. The van der Waals surface area contributed by atoms with E-state index in [-0.39, 0.29) is 0 Å². The van der Waals surface area contributed by atoms with Crippen LogP contribution >= 0.6 is 0 Å². The van der Waals surface area contributed by atoms with E-state index >= 15 is 0 Å². The molecule has 1 saturated carbocycles. The normalized spacial score (nSPS) is 22.4. The van der Waals surface area contributed by atoms with Crippen LogP contribution in [0.4, 0.5) is 5.69 Å². The molecule has 0 aromatic heterocycles. The lowest BCUT2D eigenvalue weighted by molar-refractivity contribution is 0.349. The molecule has 1 unspecified atom stereocenters. The molecule has 0 amide bonds. The zero-order chi connectivity index (χ0) is 13.2. The number of hydrogen-bond donors (Lipinski definition) is 1. The molecule has 2 nitrogen and oxygen atoms in total. The summed E-state index contributed by atoms with van der Waals surface area (Å²) in [5.74, 6) is 0. The fourth-order valence-electron chi connectivity index (χ4n) is 2.92. The molecule has 2 heteroatoms. The molecule has 1 aliphatic rings. The molecule has 1 N–H and O–H groups in total. The second-order valence-electron chi connectivity index (χ2n) is 6.47. The maximum Gasteiger partial charge on any atom is 0.0388 e. The minimum atomic E-state index is 0.422. The van der Waals surface area contributed by atoms with Gasteiger partial charge in [-0.25, -0.2) is 0 Å². The van der Waals surface area contributed by atoms with Crippen molar-refractivity contribution in [2.75, 3.05) is 19.4 Å². The first-order chi connectivity index (χ1) is 8.49. The number of benzene rings is 1. The topological polar surface area (TPSA) is 15.3 Å². The van der Waals surface area contributed by atoms with Crippen LogP contribution in [0.3, 0.4) is 0 Å². The third-order valence-electron chi connectivity index (χ3n) is 4.09. The molecule has 0 spiro atoms. The molecule has 1 aromatic rings. The molecular formula is C16H26N2. The largest absolute Gasteiger partial charge is 0.382 e. The molecular weight excluding hydrogens is 220 g/mol. The van der Waals surface area contributed by atoms with Gasteiger partial charge in [0.1, 0.15) is 0 Å². The number of anilines is 1. The van der Waals surface area contributed by atoms with Gasteiger partial charge < -0.3 is 10.2 Å². The van der Waals surface area contributed by atoms with Gasteiger partial charge in [-0.05, 0) is 44.0 Å². The monoisotopic (exact) mass is 246 g/mol. The second-order valence-corrected chi connectivity index (χ2v) is 6.47. The van der Waals surface area contributed by atoms with Crippen LogP contribution in [0.2, 0.25) is 0 Å². The maximum absolute atomic E-state index is 3.78. The minimum absolute atomic E-state index is 0.422. The van der Waals surface area contributed by atoms with Crippen molar-refractivity contribution in [1.29, 1.82) is 0 Å². The summed E-state index contributed by atoms with van der Waals surface area (Å²) in [6.45, 7) is 5.76. The van der Waals surface area contributed by atoms with Crippen molar-refractivity contribution in [2.45, 2.75) is 45.7 Å². The first-order valence-electron chi connectivity index (χ1n) is 6.98. The average molecular weight is 246 g/mol. The molecule has 0 aliphatic heterocycles. The quantitative estimate of drug-likeness (QED) is 0.870. The van der Waals surface area contributed by atoms with Crippen LogP contribution in [0.1, 0.15) is 38.7 Å². The third-order valence-corrected chi connectivity index (χ3v) is 4.09. The molecule has 18 heavy (non-hydrogen) atoms. The minimum Gasteiger partial charge on any atom is -0.382 e. The molecule has 0 radical (unpaired) electrons. The zero-order valence-electron chi connectivity index (χ0n) is 12.2. The Labute approximate surface area is 111 Å². The summed E-state index contributed by atoms with van der Waals surface area (Å²) in [7, 11) is 4.24. The van der Waals surface area contributed by atoms with Gasteiger partial charge in [0.2, 0.25) is 0 Å². The predicted octanol–water partition coefficient (Wildman–Crippen LogP) is 3.74. The third kappa shape index (κ3) is 3.05. The van der Waals surface area contributed by atoms with Gasteiger partial charge in [0.15, 0.2) is 0 Å². The van der Waals surface area contributed by atoms with E-state index in [2.05, 4.69) is 62.4 Å². The van der Waals surface area contributed by atoms with Gasteiger partial charge in [0.25, 0.3) is 0 Å². The Balaban J connectivity index is 2.13. The van der Waals surface area contributed by atoms with Gasteiger partial charge in [-0.1, -0.05) is 38.5 Å². The van der Waals surface area contributed by atoms with Crippen molar-refractivity contribution in [1.82, 2.24) is 4.90 Å². The van der Waals surface area contributed by atoms with E-state index < -0.39 is 0 Å². The lowest BCUT2D eigenvalue weighted by Gasteiger charge is -2.30. The van der Waals surface area contributed by atoms with Gasteiger partial charge in [-0.2, -0.15) is 0 Å². The van der Waals surface area contributed by atoms with Gasteiger partial charge in [-0.15, -0.1) is 0 Å². The SMILES string of the molecule is CN(C)Cc1ccccc1NC1CCCC1(C)C. The van der Waals surface area contributed by atoms with E-state index in [1.807, 2.05) is 0 Å². The average Bonchev–Trinajstić information content (AvgIpc) is 2.60. The number of nitrogens with one attached hydrogen (secondary N) is 1. The Kier molecular flexibility index (Phi) is 3.96. The Morgan fingerprint density at radius 2 is 2.00 bits per heavy atom. The van der Waals surface area contributed by atoms with E-state index in [4.69, 9.17) is 0 Å². The molecule has 0 bridgehead atoms. The Hall–Kier alpha value is -1.02. The summed E-state index contributed by atoms with van der Waals surface area (Å²) in [4.78, 5) is 2.22. The van der Waals surface area contributed by atoms with Crippen LogP contribution in [0, 0.1) is 5.41 Å². The number of rotatable bonds is 4. The highest BCUT2D eigenvalue weighted by molar-refractivity contribution is 5.52. The van der Waals surface area contributed by atoms with Crippen molar-refractivity contribution in [3.05, 3.63) is 29.8 Å². The number of para-hydroxylation sites is 1. The fraction of sp³-hybridized carbons (Fsp3) is 0.625. The molecule has 1 aromatic carbocycles. The van der Waals surface area contributed by atoms with E-state index in [0.717, 1.165) is 6.54 Å². The first kappa shape index (κ1) is 13.4. The van der Waals surface area contributed by atoms with Gasteiger partial charge in [0.05, 0.1) is 0 Å². The molecule has 100 valence electrons.